The zero-order valence-electron chi connectivity index (χ0n) is 16.4. The molecule has 0 spiro atoms. The monoisotopic (exact) mass is 448 g/mol. The van der Waals surface area contributed by atoms with Crippen molar-refractivity contribution >= 4 is 34.7 Å². The van der Waals surface area contributed by atoms with Crippen LogP contribution in [0.1, 0.15) is 28.1 Å². The summed E-state index contributed by atoms with van der Waals surface area (Å²) >= 11 is 3.13. The highest BCUT2D eigenvalue weighted by Crippen LogP contribution is 2.51. The number of hydrogen-bond acceptors (Lipinski definition) is 6. The molecule has 0 bridgehead atoms. The van der Waals surface area contributed by atoms with Gasteiger partial charge < -0.3 is 10.1 Å². The molecule has 8 heteroatoms. The average molecular weight is 449 g/mol. The van der Waals surface area contributed by atoms with Crippen LogP contribution in [0.3, 0.4) is 0 Å². The molecule has 0 amide bonds. The van der Waals surface area contributed by atoms with E-state index >= 15 is 0 Å². The van der Waals surface area contributed by atoms with E-state index in [1.54, 1.807) is 23.5 Å². The molecule has 2 aromatic heterocycles. The molecular formula is C23H17FN4OS2. The highest BCUT2D eigenvalue weighted by molar-refractivity contribution is 7.98. The zero-order chi connectivity index (χ0) is 20.9. The van der Waals surface area contributed by atoms with E-state index in [1.807, 2.05) is 52.7 Å². The SMILES string of the molecule is CSc1nc2n(n1)[C@H](c1cccs1)C1=C(N2)c2ccccc2O[C@H]1c1ccccc1F. The van der Waals surface area contributed by atoms with Crippen LogP contribution in [0.4, 0.5) is 10.3 Å². The van der Waals surface area contributed by atoms with E-state index in [9.17, 15) is 4.39 Å². The summed E-state index contributed by atoms with van der Waals surface area (Å²) in [5.41, 5.74) is 3.27. The Kier molecular flexibility index (Phi) is 4.36. The van der Waals surface area contributed by atoms with Crippen molar-refractivity contribution in [2.24, 2.45) is 0 Å². The number of benzene rings is 2. The molecule has 0 saturated heterocycles. The quantitative estimate of drug-likeness (QED) is 0.404. The maximum absolute atomic E-state index is 15.0. The van der Waals surface area contributed by atoms with E-state index in [-0.39, 0.29) is 11.9 Å². The van der Waals surface area contributed by atoms with Crippen molar-refractivity contribution in [3.8, 4) is 5.75 Å². The van der Waals surface area contributed by atoms with Crippen LogP contribution in [0, 0.1) is 5.82 Å². The van der Waals surface area contributed by atoms with Crippen LogP contribution < -0.4 is 10.1 Å². The second-order valence-corrected chi connectivity index (χ2v) is 9.01. The van der Waals surface area contributed by atoms with E-state index in [0.29, 0.717) is 22.4 Å². The molecule has 2 aromatic carbocycles. The van der Waals surface area contributed by atoms with E-state index in [0.717, 1.165) is 21.7 Å². The topological polar surface area (TPSA) is 52.0 Å². The van der Waals surface area contributed by atoms with Crippen LogP contribution in [0.25, 0.3) is 5.70 Å². The van der Waals surface area contributed by atoms with Crippen molar-refractivity contribution in [1.82, 2.24) is 14.8 Å². The Hall–Kier alpha value is -3.10. The van der Waals surface area contributed by atoms with E-state index in [1.165, 1.54) is 17.8 Å². The first kappa shape index (κ1) is 18.7. The van der Waals surface area contributed by atoms with Crippen molar-refractivity contribution in [3.05, 3.63) is 93.4 Å². The summed E-state index contributed by atoms with van der Waals surface area (Å²) in [5.74, 6) is 1.09. The number of rotatable bonds is 3. The first-order valence-electron chi connectivity index (χ1n) is 9.80. The van der Waals surface area contributed by atoms with Crippen molar-refractivity contribution in [2.75, 3.05) is 11.6 Å². The van der Waals surface area contributed by atoms with Crippen LogP contribution >= 0.6 is 23.1 Å². The van der Waals surface area contributed by atoms with E-state index < -0.39 is 6.10 Å². The molecule has 0 unspecified atom stereocenters. The Morgan fingerprint density at radius 3 is 2.74 bits per heavy atom. The number of nitrogens with one attached hydrogen (secondary N) is 1. The van der Waals surface area contributed by atoms with Gasteiger partial charge in [0.05, 0.1) is 5.70 Å². The van der Waals surface area contributed by atoms with Crippen molar-refractivity contribution in [2.45, 2.75) is 17.3 Å². The Morgan fingerprint density at radius 2 is 1.94 bits per heavy atom. The lowest BCUT2D eigenvalue weighted by molar-refractivity contribution is 0.218. The molecule has 0 fully saturated rings. The van der Waals surface area contributed by atoms with Gasteiger partial charge in [0.25, 0.3) is 0 Å². The number of ether oxygens (including phenoxy) is 1. The van der Waals surface area contributed by atoms with Gasteiger partial charge in [-0.25, -0.2) is 9.07 Å². The highest BCUT2D eigenvalue weighted by atomic mass is 32.2. The predicted octanol–water partition coefficient (Wildman–Crippen LogP) is 5.76. The minimum atomic E-state index is -0.597. The standard InChI is InChI=1S/C23H17FN4OS2/c1-30-23-26-22-25-19-14-8-3-5-10-16(14)29-21(13-7-2-4-9-15(13)24)18(19)20(28(22)27-23)17-11-6-12-31-17/h2-12,20-21H,1H3,(H,25,26,27)/t20-,21+/m1/s1. The van der Waals surface area contributed by atoms with Crippen molar-refractivity contribution in [1.29, 1.82) is 0 Å². The lowest BCUT2D eigenvalue weighted by atomic mass is 9.87. The van der Waals surface area contributed by atoms with Crippen LogP contribution in [-0.2, 0) is 0 Å². The molecule has 0 saturated carbocycles. The molecule has 2 aliphatic rings. The second-order valence-electron chi connectivity index (χ2n) is 7.26. The van der Waals surface area contributed by atoms with E-state index in [2.05, 4.69) is 16.4 Å². The van der Waals surface area contributed by atoms with Gasteiger partial charge in [0.15, 0.2) is 6.10 Å². The van der Waals surface area contributed by atoms with Gasteiger partial charge >= 0.3 is 0 Å². The Labute approximate surface area is 186 Å². The third-order valence-corrected chi connectivity index (χ3v) is 7.01. The number of thiophene rings is 1. The van der Waals surface area contributed by atoms with Crippen LogP contribution in [0.5, 0.6) is 5.75 Å². The Bertz CT molecular complexity index is 1310. The second kappa shape index (κ2) is 7.25. The maximum Gasteiger partial charge on any atom is 0.227 e. The highest BCUT2D eigenvalue weighted by Gasteiger charge is 2.42. The van der Waals surface area contributed by atoms with Gasteiger partial charge in [-0.15, -0.1) is 16.4 Å². The molecule has 2 aliphatic heterocycles. The van der Waals surface area contributed by atoms with Gasteiger partial charge in [0, 0.05) is 21.6 Å². The molecule has 154 valence electrons. The van der Waals surface area contributed by atoms with Gasteiger partial charge in [-0.1, -0.05) is 48.2 Å². The lowest BCUT2D eigenvalue weighted by Gasteiger charge is -2.38. The summed E-state index contributed by atoms with van der Waals surface area (Å²) in [4.78, 5) is 5.76. The average Bonchev–Trinajstić information content (AvgIpc) is 3.47. The smallest absolute Gasteiger partial charge is 0.227 e. The summed E-state index contributed by atoms with van der Waals surface area (Å²) in [6.07, 6.45) is 1.36. The molecule has 1 N–H and O–H groups in total. The van der Waals surface area contributed by atoms with Gasteiger partial charge in [-0.05, 0) is 35.9 Å². The van der Waals surface area contributed by atoms with E-state index in [4.69, 9.17) is 9.84 Å². The van der Waals surface area contributed by atoms with Crippen LogP contribution in [0.15, 0.2) is 76.8 Å². The number of para-hydroxylation sites is 1. The van der Waals surface area contributed by atoms with Gasteiger partial charge in [-0.3, -0.25) is 0 Å². The first-order valence-corrected chi connectivity index (χ1v) is 11.9. The minimum absolute atomic E-state index is 0.252. The molecule has 0 aliphatic carbocycles. The van der Waals surface area contributed by atoms with Gasteiger partial charge in [-0.2, -0.15) is 4.98 Å². The first-order chi connectivity index (χ1) is 15.2. The fourth-order valence-corrected chi connectivity index (χ4v) is 5.39. The normalized spacial score (nSPS) is 19.2. The van der Waals surface area contributed by atoms with Crippen LogP contribution in [0.2, 0.25) is 0 Å². The van der Waals surface area contributed by atoms with Crippen molar-refractivity contribution < 1.29 is 9.13 Å². The maximum atomic E-state index is 15.0. The number of anilines is 1. The number of fused-ring (bicyclic) bond motifs is 3. The number of nitrogens with zero attached hydrogens (tertiary/aromatic N) is 3. The Balaban J connectivity index is 1.65. The summed E-state index contributed by atoms with van der Waals surface area (Å²) in [7, 11) is 0. The molecule has 0 radical (unpaired) electrons. The number of halogens is 1. The summed E-state index contributed by atoms with van der Waals surface area (Å²) < 4.78 is 23.3. The third kappa shape index (κ3) is 2.90. The van der Waals surface area contributed by atoms with Crippen LogP contribution in [-0.4, -0.2) is 21.0 Å². The molecule has 6 rings (SSSR count). The van der Waals surface area contributed by atoms with Crippen molar-refractivity contribution in [3.63, 3.8) is 0 Å². The zero-order valence-corrected chi connectivity index (χ0v) is 18.1. The fourth-order valence-electron chi connectivity index (χ4n) is 4.21. The molecule has 2 atom stereocenters. The fraction of sp³-hybridized carbons (Fsp3) is 0.130. The number of hydrogen-bond donors (Lipinski definition) is 1. The Morgan fingerprint density at radius 1 is 1.10 bits per heavy atom. The molecule has 4 heterocycles. The summed E-state index contributed by atoms with van der Waals surface area (Å²) in [6, 6.07) is 18.5. The van der Waals surface area contributed by atoms with Gasteiger partial charge in [0.2, 0.25) is 11.1 Å². The summed E-state index contributed by atoms with van der Waals surface area (Å²) in [6.45, 7) is 0. The lowest BCUT2D eigenvalue weighted by Crippen LogP contribution is -2.32. The predicted molar refractivity (Wildman–Crippen MR) is 121 cm³/mol. The summed E-state index contributed by atoms with van der Waals surface area (Å²) in [5, 5.41) is 10.9. The molecule has 4 aromatic rings. The van der Waals surface area contributed by atoms with Gasteiger partial charge in [0.1, 0.15) is 17.6 Å². The number of aromatic nitrogens is 3. The minimum Gasteiger partial charge on any atom is -0.480 e. The number of thioether (sulfide) groups is 1. The largest absolute Gasteiger partial charge is 0.480 e. The molecule has 5 nitrogen and oxygen atoms in total. The third-order valence-electron chi connectivity index (χ3n) is 5.54. The molecule has 31 heavy (non-hydrogen) atoms. The molecular weight excluding hydrogens is 431 g/mol.